The normalized spacial score (nSPS) is 39.2. The second kappa shape index (κ2) is 5.25. The Kier molecular flexibility index (Phi) is 4.11. The van der Waals surface area contributed by atoms with Crippen molar-refractivity contribution in [2.75, 3.05) is 26.7 Å². The van der Waals surface area contributed by atoms with Crippen molar-refractivity contribution in [1.82, 2.24) is 10.2 Å². The first-order valence-electron chi connectivity index (χ1n) is 7.06. The van der Waals surface area contributed by atoms with Gasteiger partial charge in [0.2, 0.25) is 0 Å². The van der Waals surface area contributed by atoms with E-state index in [2.05, 4.69) is 31.0 Å². The van der Waals surface area contributed by atoms with E-state index in [9.17, 15) is 0 Å². The predicted molar refractivity (Wildman–Crippen MR) is 71.3 cm³/mol. The lowest BCUT2D eigenvalue weighted by molar-refractivity contribution is -0.139. The summed E-state index contributed by atoms with van der Waals surface area (Å²) >= 11 is 0. The molecule has 1 saturated heterocycles. The second-order valence-electron chi connectivity index (χ2n) is 6.33. The van der Waals surface area contributed by atoms with Crippen molar-refractivity contribution in [1.29, 1.82) is 0 Å². The third kappa shape index (κ3) is 2.67. The van der Waals surface area contributed by atoms with Gasteiger partial charge in [0.25, 0.3) is 0 Å². The van der Waals surface area contributed by atoms with E-state index in [1.165, 1.54) is 38.9 Å². The van der Waals surface area contributed by atoms with Gasteiger partial charge in [-0.2, -0.15) is 0 Å². The Labute approximate surface area is 106 Å². The van der Waals surface area contributed by atoms with E-state index in [0.29, 0.717) is 17.6 Å². The van der Waals surface area contributed by atoms with Crippen LogP contribution in [0.5, 0.6) is 0 Å². The fraction of sp³-hybridized carbons (Fsp3) is 1.00. The molecule has 0 aromatic carbocycles. The summed E-state index contributed by atoms with van der Waals surface area (Å²) in [7, 11) is 1.85. The van der Waals surface area contributed by atoms with Crippen molar-refractivity contribution >= 4 is 0 Å². The van der Waals surface area contributed by atoms with Gasteiger partial charge in [-0.25, -0.2) is 0 Å². The topological polar surface area (TPSA) is 24.5 Å². The zero-order chi connectivity index (χ0) is 12.5. The highest BCUT2D eigenvalue weighted by Gasteiger charge is 2.50. The molecule has 0 radical (unpaired) electrons. The van der Waals surface area contributed by atoms with Gasteiger partial charge in [0.15, 0.2) is 0 Å². The average Bonchev–Trinajstić information content (AvgIpc) is 2.26. The third-order valence-corrected chi connectivity index (χ3v) is 4.82. The third-order valence-electron chi connectivity index (χ3n) is 4.82. The summed E-state index contributed by atoms with van der Waals surface area (Å²) < 4.78 is 5.56. The summed E-state index contributed by atoms with van der Waals surface area (Å²) in [5.74, 6) is 0. The molecule has 1 N–H and O–H groups in total. The molecule has 1 heterocycles. The fourth-order valence-corrected chi connectivity index (χ4v) is 3.40. The monoisotopic (exact) mass is 240 g/mol. The number of rotatable bonds is 2. The first-order chi connectivity index (χ1) is 8.05. The first-order valence-corrected chi connectivity index (χ1v) is 7.06. The molecule has 0 aromatic rings. The summed E-state index contributed by atoms with van der Waals surface area (Å²) in [5.41, 5.74) is 0.324. The van der Waals surface area contributed by atoms with Crippen LogP contribution in [0.4, 0.5) is 0 Å². The molecule has 1 aliphatic carbocycles. The Morgan fingerprint density at radius 2 is 2.06 bits per heavy atom. The summed E-state index contributed by atoms with van der Waals surface area (Å²) in [6.45, 7) is 10.7. The van der Waals surface area contributed by atoms with Gasteiger partial charge in [0, 0.05) is 24.6 Å². The standard InChI is InChI=1S/C14H28N2O/c1-11-6-9-16(8-5-7-15-11)12-10-13(17-4)14(12,2)3/h11-13,15H,5-10H2,1-4H3. The molecule has 2 aliphatic rings. The average molecular weight is 240 g/mol. The van der Waals surface area contributed by atoms with Crippen molar-refractivity contribution in [2.45, 2.75) is 58.2 Å². The van der Waals surface area contributed by atoms with Crippen LogP contribution in [0, 0.1) is 5.41 Å². The molecule has 100 valence electrons. The van der Waals surface area contributed by atoms with Gasteiger partial charge in [0.1, 0.15) is 0 Å². The van der Waals surface area contributed by atoms with Crippen molar-refractivity contribution < 1.29 is 4.74 Å². The van der Waals surface area contributed by atoms with Crippen molar-refractivity contribution in [3.05, 3.63) is 0 Å². The molecular weight excluding hydrogens is 212 g/mol. The fourth-order valence-electron chi connectivity index (χ4n) is 3.40. The van der Waals surface area contributed by atoms with E-state index >= 15 is 0 Å². The van der Waals surface area contributed by atoms with E-state index in [4.69, 9.17) is 4.74 Å². The quantitative estimate of drug-likeness (QED) is 0.797. The second-order valence-corrected chi connectivity index (χ2v) is 6.33. The zero-order valence-corrected chi connectivity index (χ0v) is 11.8. The molecule has 1 saturated carbocycles. The molecule has 2 rings (SSSR count). The molecule has 17 heavy (non-hydrogen) atoms. The Bertz CT molecular complexity index is 255. The number of ether oxygens (including phenoxy) is 1. The number of nitrogens with zero attached hydrogens (tertiary/aromatic N) is 1. The van der Waals surface area contributed by atoms with Gasteiger partial charge in [-0.05, 0) is 45.8 Å². The minimum Gasteiger partial charge on any atom is -0.381 e. The Hall–Kier alpha value is -0.120. The maximum atomic E-state index is 5.56. The largest absolute Gasteiger partial charge is 0.381 e. The van der Waals surface area contributed by atoms with Crippen LogP contribution in [-0.2, 0) is 4.74 Å². The molecule has 3 atom stereocenters. The van der Waals surface area contributed by atoms with Crippen LogP contribution in [0.2, 0.25) is 0 Å². The Morgan fingerprint density at radius 3 is 2.71 bits per heavy atom. The molecule has 3 unspecified atom stereocenters. The lowest BCUT2D eigenvalue weighted by Crippen LogP contribution is -2.62. The van der Waals surface area contributed by atoms with Crippen LogP contribution in [-0.4, -0.2) is 49.8 Å². The van der Waals surface area contributed by atoms with E-state index in [-0.39, 0.29) is 0 Å². The van der Waals surface area contributed by atoms with Gasteiger partial charge in [0.05, 0.1) is 6.10 Å². The van der Waals surface area contributed by atoms with Crippen LogP contribution in [0.3, 0.4) is 0 Å². The molecule has 0 bridgehead atoms. The maximum Gasteiger partial charge on any atom is 0.0652 e. The van der Waals surface area contributed by atoms with Crippen molar-refractivity contribution in [3.8, 4) is 0 Å². The molecule has 2 fully saturated rings. The molecule has 3 heteroatoms. The minimum absolute atomic E-state index is 0.324. The highest BCUT2D eigenvalue weighted by Crippen LogP contribution is 2.45. The van der Waals surface area contributed by atoms with E-state index in [1.54, 1.807) is 0 Å². The lowest BCUT2D eigenvalue weighted by Gasteiger charge is -2.56. The molecular formula is C14H28N2O. The summed E-state index contributed by atoms with van der Waals surface area (Å²) in [4.78, 5) is 2.70. The summed E-state index contributed by atoms with van der Waals surface area (Å²) in [5, 5.41) is 3.57. The van der Waals surface area contributed by atoms with Crippen molar-refractivity contribution in [2.24, 2.45) is 5.41 Å². The Morgan fingerprint density at radius 1 is 1.29 bits per heavy atom. The molecule has 1 aliphatic heterocycles. The van der Waals surface area contributed by atoms with E-state index in [1.807, 2.05) is 7.11 Å². The van der Waals surface area contributed by atoms with Gasteiger partial charge < -0.3 is 10.1 Å². The lowest BCUT2D eigenvalue weighted by atomic mass is 9.63. The van der Waals surface area contributed by atoms with Gasteiger partial charge in [-0.15, -0.1) is 0 Å². The minimum atomic E-state index is 0.324. The van der Waals surface area contributed by atoms with E-state index in [0.717, 1.165) is 6.04 Å². The number of hydrogen-bond acceptors (Lipinski definition) is 3. The summed E-state index contributed by atoms with van der Waals surface area (Å²) in [6.07, 6.45) is 4.21. The number of nitrogens with one attached hydrogen (secondary N) is 1. The maximum absolute atomic E-state index is 5.56. The van der Waals surface area contributed by atoms with Crippen molar-refractivity contribution in [3.63, 3.8) is 0 Å². The summed E-state index contributed by atoms with van der Waals surface area (Å²) in [6, 6.07) is 1.39. The van der Waals surface area contributed by atoms with Gasteiger partial charge >= 0.3 is 0 Å². The zero-order valence-electron chi connectivity index (χ0n) is 11.8. The number of hydrogen-bond donors (Lipinski definition) is 1. The first kappa shape index (κ1) is 13.3. The molecule has 3 nitrogen and oxygen atoms in total. The van der Waals surface area contributed by atoms with Gasteiger partial charge in [-0.3, -0.25) is 4.90 Å². The highest BCUT2D eigenvalue weighted by atomic mass is 16.5. The van der Waals surface area contributed by atoms with Crippen LogP contribution < -0.4 is 5.32 Å². The van der Waals surface area contributed by atoms with Crippen LogP contribution in [0.1, 0.15) is 40.0 Å². The smallest absolute Gasteiger partial charge is 0.0652 e. The molecule has 0 aromatic heterocycles. The Balaban J connectivity index is 1.93. The SMILES string of the molecule is COC1CC(N2CCCNC(C)CC2)C1(C)C. The van der Waals surface area contributed by atoms with Crippen LogP contribution in [0.15, 0.2) is 0 Å². The number of methoxy groups -OCH3 is 1. The van der Waals surface area contributed by atoms with Crippen LogP contribution >= 0.6 is 0 Å². The molecule has 0 amide bonds. The molecule has 0 spiro atoms. The van der Waals surface area contributed by atoms with E-state index < -0.39 is 0 Å². The highest BCUT2D eigenvalue weighted by molar-refractivity contribution is 5.03. The van der Waals surface area contributed by atoms with Crippen LogP contribution in [0.25, 0.3) is 0 Å². The predicted octanol–water partition coefficient (Wildman–Crippen LogP) is 1.87. The van der Waals surface area contributed by atoms with Gasteiger partial charge in [-0.1, -0.05) is 13.8 Å².